The zero-order valence-electron chi connectivity index (χ0n) is 14.3. The molecule has 128 valence electrons. The lowest BCUT2D eigenvalue weighted by Gasteiger charge is -2.34. The van der Waals surface area contributed by atoms with Crippen LogP contribution in [0.15, 0.2) is 36.7 Å². The summed E-state index contributed by atoms with van der Waals surface area (Å²) in [6, 6.07) is 7.76. The number of amides is 1. The molecule has 0 aliphatic carbocycles. The van der Waals surface area contributed by atoms with Crippen LogP contribution in [-0.2, 0) is 18.4 Å². The van der Waals surface area contributed by atoms with Crippen LogP contribution in [0.5, 0.6) is 5.75 Å². The van der Waals surface area contributed by atoms with Crippen LogP contribution in [0.4, 0.5) is 0 Å². The van der Waals surface area contributed by atoms with E-state index >= 15 is 0 Å². The van der Waals surface area contributed by atoms with Crippen LogP contribution in [0.2, 0.25) is 0 Å². The van der Waals surface area contributed by atoms with Crippen molar-refractivity contribution in [3.8, 4) is 5.75 Å². The molecule has 0 saturated carbocycles. The molecule has 2 heterocycles. The fourth-order valence-electron chi connectivity index (χ4n) is 2.92. The number of aromatic nitrogens is 2. The van der Waals surface area contributed by atoms with Gasteiger partial charge in [-0.25, -0.2) is 0 Å². The highest BCUT2D eigenvalue weighted by atomic mass is 16.5. The summed E-state index contributed by atoms with van der Waals surface area (Å²) < 4.78 is 7.48. The van der Waals surface area contributed by atoms with Gasteiger partial charge >= 0.3 is 0 Å². The Balaban J connectivity index is 1.44. The van der Waals surface area contributed by atoms with Gasteiger partial charge in [0.25, 0.3) is 5.91 Å². The standard InChI is InChI=1S/C18H24N4O2/c1-15-5-3-4-6-17(15)24-14-18(23)22-9-7-21(8-10-22)13-16-11-19-20(2)12-16/h3-6,11-12H,7-10,13-14H2,1-2H3. The first-order valence-corrected chi connectivity index (χ1v) is 8.28. The van der Waals surface area contributed by atoms with Crippen LogP contribution < -0.4 is 4.74 Å². The molecule has 1 aromatic heterocycles. The summed E-state index contributed by atoms with van der Waals surface area (Å²) in [4.78, 5) is 16.6. The maximum Gasteiger partial charge on any atom is 0.260 e. The van der Waals surface area contributed by atoms with E-state index in [0.29, 0.717) is 0 Å². The zero-order valence-corrected chi connectivity index (χ0v) is 14.3. The van der Waals surface area contributed by atoms with Crippen LogP contribution in [0.1, 0.15) is 11.1 Å². The number of aryl methyl sites for hydroxylation is 2. The van der Waals surface area contributed by atoms with Crippen molar-refractivity contribution in [3.05, 3.63) is 47.8 Å². The van der Waals surface area contributed by atoms with E-state index in [4.69, 9.17) is 4.74 Å². The zero-order chi connectivity index (χ0) is 16.9. The molecule has 0 unspecified atom stereocenters. The highest BCUT2D eigenvalue weighted by Gasteiger charge is 2.21. The second kappa shape index (κ2) is 7.49. The van der Waals surface area contributed by atoms with Crippen LogP contribution in [0.3, 0.4) is 0 Å². The van der Waals surface area contributed by atoms with Gasteiger partial charge in [-0.1, -0.05) is 18.2 Å². The third-order valence-electron chi connectivity index (χ3n) is 4.33. The molecule has 0 atom stereocenters. The number of benzene rings is 1. The minimum Gasteiger partial charge on any atom is -0.484 e. The predicted octanol–water partition coefficient (Wildman–Crippen LogP) is 1.45. The molecule has 6 heteroatoms. The maximum absolute atomic E-state index is 12.3. The van der Waals surface area contributed by atoms with Crippen molar-refractivity contribution < 1.29 is 9.53 Å². The van der Waals surface area contributed by atoms with Crippen molar-refractivity contribution in [3.63, 3.8) is 0 Å². The molecule has 1 aliphatic rings. The lowest BCUT2D eigenvalue weighted by molar-refractivity contribution is -0.135. The van der Waals surface area contributed by atoms with Crippen LogP contribution >= 0.6 is 0 Å². The third kappa shape index (κ3) is 4.14. The average molecular weight is 328 g/mol. The van der Waals surface area contributed by atoms with Gasteiger partial charge in [0.15, 0.2) is 6.61 Å². The lowest BCUT2D eigenvalue weighted by Crippen LogP contribution is -2.49. The Kier molecular flexibility index (Phi) is 5.15. The topological polar surface area (TPSA) is 50.6 Å². The summed E-state index contributed by atoms with van der Waals surface area (Å²) in [5.74, 6) is 0.834. The number of para-hydroxylation sites is 1. The van der Waals surface area contributed by atoms with E-state index in [9.17, 15) is 4.79 Å². The Morgan fingerprint density at radius 1 is 1.21 bits per heavy atom. The fourth-order valence-corrected chi connectivity index (χ4v) is 2.92. The monoisotopic (exact) mass is 328 g/mol. The Morgan fingerprint density at radius 3 is 2.62 bits per heavy atom. The van der Waals surface area contributed by atoms with E-state index < -0.39 is 0 Å². The number of carbonyl (C=O) groups is 1. The summed E-state index contributed by atoms with van der Waals surface area (Å²) >= 11 is 0. The maximum atomic E-state index is 12.3. The smallest absolute Gasteiger partial charge is 0.260 e. The summed E-state index contributed by atoms with van der Waals surface area (Å²) in [5.41, 5.74) is 2.26. The fraction of sp³-hybridized carbons (Fsp3) is 0.444. The molecule has 0 radical (unpaired) electrons. The predicted molar refractivity (Wildman–Crippen MR) is 91.7 cm³/mol. The molecule has 2 aromatic rings. The van der Waals surface area contributed by atoms with Crippen LogP contribution in [0, 0.1) is 6.92 Å². The molecule has 6 nitrogen and oxygen atoms in total. The van der Waals surface area contributed by atoms with E-state index in [-0.39, 0.29) is 12.5 Å². The van der Waals surface area contributed by atoms with E-state index in [2.05, 4.69) is 10.00 Å². The third-order valence-corrected chi connectivity index (χ3v) is 4.33. The molecule has 1 fully saturated rings. The van der Waals surface area contributed by atoms with Gasteiger partial charge in [0, 0.05) is 51.5 Å². The van der Waals surface area contributed by atoms with Gasteiger partial charge in [0.05, 0.1) is 6.20 Å². The van der Waals surface area contributed by atoms with Crippen LogP contribution in [-0.4, -0.2) is 58.3 Å². The lowest BCUT2D eigenvalue weighted by atomic mass is 10.2. The highest BCUT2D eigenvalue weighted by Crippen LogP contribution is 2.16. The normalized spacial score (nSPS) is 15.5. The van der Waals surface area contributed by atoms with E-state index in [1.807, 2.05) is 60.2 Å². The van der Waals surface area contributed by atoms with Crippen molar-refractivity contribution >= 4 is 5.91 Å². The number of piperazine rings is 1. The van der Waals surface area contributed by atoms with Crippen molar-refractivity contribution in [2.45, 2.75) is 13.5 Å². The second-order valence-corrected chi connectivity index (χ2v) is 6.23. The summed E-state index contributed by atoms with van der Waals surface area (Å²) in [7, 11) is 1.93. The molecule has 0 bridgehead atoms. The number of ether oxygens (including phenoxy) is 1. The molecule has 1 aliphatic heterocycles. The minimum absolute atomic E-state index is 0.0549. The van der Waals surface area contributed by atoms with E-state index in [1.54, 1.807) is 0 Å². The largest absolute Gasteiger partial charge is 0.484 e. The van der Waals surface area contributed by atoms with Crippen molar-refractivity contribution in [1.82, 2.24) is 19.6 Å². The van der Waals surface area contributed by atoms with Gasteiger partial charge in [-0.3, -0.25) is 14.4 Å². The summed E-state index contributed by atoms with van der Waals surface area (Å²) in [6.07, 6.45) is 3.93. The van der Waals surface area contributed by atoms with Gasteiger partial charge < -0.3 is 9.64 Å². The quantitative estimate of drug-likeness (QED) is 0.834. The van der Waals surface area contributed by atoms with Gasteiger partial charge in [-0.2, -0.15) is 5.10 Å². The molecule has 24 heavy (non-hydrogen) atoms. The van der Waals surface area contributed by atoms with E-state index in [0.717, 1.165) is 44.0 Å². The minimum atomic E-state index is 0.0549. The van der Waals surface area contributed by atoms with Crippen molar-refractivity contribution in [2.75, 3.05) is 32.8 Å². The molecular weight excluding hydrogens is 304 g/mol. The second-order valence-electron chi connectivity index (χ2n) is 6.23. The first-order valence-electron chi connectivity index (χ1n) is 8.28. The molecule has 3 rings (SSSR count). The van der Waals surface area contributed by atoms with Crippen molar-refractivity contribution in [2.24, 2.45) is 7.05 Å². The molecule has 1 aromatic carbocycles. The van der Waals surface area contributed by atoms with Gasteiger partial charge in [-0.05, 0) is 18.6 Å². The Labute approximate surface area is 142 Å². The van der Waals surface area contributed by atoms with Gasteiger partial charge in [0.2, 0.25) is 0 Å². The number of nitrogens with zero attached hydrogens (tertiary/aromatic N) is 4. The molecule has 0 N–H and O–H groups in total. The average Bonchev–Trinajstić information content (AvgIpc) is 2.99. The number of carbonyl (C=O) groups excluding carboxylic acids is 1. The Hall–Kier alpha value is -2.34. The number of rotatable bonds is 5. The first-order chi connectivity index (χ1) is 11.6. The first kappa shape index (κ1) is 16.5. The Morgan fingerprint density at radius 2 is 1.96 bits per heavy atom. The van der Waals surface area contributed by atoms with Gasteiger partial charge in [0.1, 0.15) is 5.75 Å². The van der Waals surface area contributed by atoms with Crippen LogP contribution in [0.25, 0.3) is 0 Å². The number of hydrogen-bond acceptors (Lipinski definition) is 4. The summed E-state index contributed by atoms with van der Waals surface area (Å²) in [6.45, 7) is 6.22. The molecule has 1 saturated heterocycles. The Bertz CT molecular complexity index is 690. The number of hydrogen-bond donors (Lipinski definition) is 0. The molecular formula is C18H24N4O2. The molecule has 1 amide bonds. The van der Waals surface area contributed by atoms with Crippen molar-refractivity contribution in [1.29, 1.82) is 0 Å². The highest BCUT2D eigenvalue weighted by molar-refractivity contribution is 5.78. The SMILES string of the molecule is Cc1ccccc1OCC(=O)N1CCN(Cc2cnn(C)c2)CC1. The summed E-state index contributed by atoms with van der Waals surface area (Å²) in [5, 5.41) is 4.19. The van der Waals surface area contributed by atoms with Gasteiger partial charge in [-0.15, -0.1) is 0 Å². The molecule has 0 spiro atoms. The van der Waals surface area contributed by atoms with E-state index in [1.165, 1.54) is 5.56 Å².